The molecule has 0 fully saturated rings. The van der Waals surface area contributed by atoms with Crippen LogP contribution in [0, 0.1) is 0 Å². The Kier molecular flexibility index (Phi) is 14.9. The number of allylic oxidation sites excluding steroid dienone is 2. The lowest BCUT2D eigenvalue weighted by Crippen LogP contribution is -1.79. The molecule has 0 aromatic heterocycles. The summed E-state index contributed by atoms with van der Waals surface area (Å²) in [6, 6.07) is 0. The first-order valence-electron chi connectivity index (χ1n) is 2.45. The molecule has 0 amide bonds. The van der Waals surface area contributed by atoms with Crippen LogP contribution in [0.25, 0.3) is 0 Å². The molecule has 0 aromatic carbocycles. The van der Waals surface area contributed by atoms with E-state index in [1.807, 2.05) is 12.2 Å². The fourth-order valence-corrected chi connectivity index (χ4v) is 0.996. The third-order valence-corrected chi connectivity index (χ3v) is 2.00. The van der Waals surface area contributed by atoms with Crippen molar-refractivity contribution in [1.82, 2.24) is 0 Å². The molecule has 8 heavy (non-hydrogen) atoms. The van der Waals surface area contributed by atoms with Gasteiger partial charge in [-0.05, 0) is 0 Å². The van der Waals surface area contributed by atoms with Gasteiger partial charge in [-0.3, -0.25) is 0 Å². The first-order valence-corrected chi connectivity index (χ1v) is 4.08. The van der Waals surface area contributed by atoms with E-state index >= 15 is 0 Å². The maximum absolute atomic E-state index is 3.62. The van der Waals surface area contributed by atoms with E-state index in [0.29, 0.717) is 15.2 Å². The van der Waals surface area contributed by atoms with Crippen molar-refractivity contribution in [2.24, 2.45) is 0 Å². The van der Waals surface area contributed by atoms with Gasteiger partial charge in [0.1, 0.15) is 0 Å². The molecule has 0 aliphatic carbocycles. The van der Waals surface area contributed by atoms with E-state index in [4.69, 9.17) is 0 Å². The zero-order valence-corrected chi connectivity index (χ0v) is 5.72. The van der Waals surface area contributed by atoms with E-state index in [2.05, 4.69) is 13.2 Å². The van der Waals surface area contributed by atoms with Crippen molar-refractivity contribution in [2.75, 3.05) is 0 Å². The highest BCUT2D eigenvalue weighted by Crippen LogP contribution is 1.84. The summed E-state index contributed by atoms with van der Waals surface area (Å²) < 4.78 is 0. The molecule has 0 unspecified atom stereocenters. The normalized spacial score (nSPS) is 6.50. The highest BCUT2D eigenvalue weighted by molar-refractivity contribution is 6.36. The minimum absolute atomic E-state index is 0. The second kappa shape index (κ2) is 10.5. The fourth-order valence-electron chi connectivity index (χ4n) is 0.332. The van der Waals surface area contributed by atoms with Crippen LogP contribution < -0.4 is 0 Å². The largest absolute Gasteiger partial charge is 0.212 e. The van der Waals surface area contributed by atoms with Crippen molar-refractivity contribution < 1.29 is 1.43 Å². The van der Waals surface area contributed by atoms with Crippen LogP contribution in [0.3, 0.4) is 0 Å². The van der Waals surface area contributed by atoms with Crippen LogP contribution >= 0.6 is 0 Å². The highest BCUT2D eigenvalue weighted by atomic mass is 27.1. The van der Waals surface area contributed by atoms with E-state index < -0.39 is 0 Å². The number of rotatable bonds is 4. The van der Waals surface area contributed by atoms with E-state index in [1.165, 1.54) is 10.6 Å². The summed E-state index contributed by atoms with van der Waals surface area (Å²) in [5.74, 6) is 0. The maximum atomic E-state index is 3.62. The minimum atomic E-state index is 0. The summed E-state index contributed by atoms with van der Waals surface area (Å²) in [5.41, 5.74) is 0. The molecule has 0 rings (SSSR count). The Morgan fingerprint density at radius 2 is 1.62 bits per heavy atom. The molecule has 45 valence electrons. The number of hydrogen-bond acceptors (Lipinski definition) is 0. The standard InChI is InChI=1S/2C3H5.2Al.H2.3H/c2*1-3-2;;;;;;/h2*3H,1-2H2;;;1H;;;. The Labute approximate surface area is 70.0 Å². The van der Waals surface area contributed by atoms with Crippen molar-refractivity contribution >= 4 is 32.6 Å². The Morgan fingerprint density at radius 3 is 1.88 bits per heavy atom. The van der Waals surface area contributed by atoms with Gasteiger partial charge in [0, 0.05) is 1.43 Å². The smallest absolute Gasteiger partial charge is 0.106 e. The Morgan fingerprint density at radius 1 is 1.25 bits per heavy atom. The molecule has 0 aliphatic heterocycles. The fraction of sp³-hybridized carbons (Fsp3) is 0.333. The van der Waals surface area contributed by atoms with E-state index in [1.54, 1.807) is 0 Å². The summed E-state index contributed by atoms with van der Waals surface area (Å²) in [4.78, 5) is 0. The molecular weight excluding hydrogens is 126 g/mol. The molecule has 1 radical (unpaired) electrons. The summed E-state index contributed by atoms with van der Waals surface area (Å²) in [5, 5.41) is 2.40. The van der Waals surface area contributed by atoms with Gasteiger partial charge in [0.15, 0.2) is 17.4 Å². The van der Waals surface area contributed by atoms with Crippen LogP contribution in [-0.2, 0) is 0 Å². The SMILES string of the molecule is C=C[CH2][Al][CH2]C=C.[AlH3].[HH]. The highest BCUT2D eigenvalue weighted by Gasteiger charge is 1.79. The first-order chi connectivity index (χ1) is 3.41. The van der Waals surface area contributed by atoms with Crippen LogP contribution in [0.5, 0.6) is 0 Å². The molecule has 0 saturated carbocycles. The minimum Gasteiger partial charge on any atom is -0.106 e. The predicted molar refractivity (Wildman–Crippen MR) is 47.8 cm³/mol. The zero-order valence-electron chi connectivity index (χ0n) is 4.56. The van der Waals surface area contributed by atoms with Crippen molar-refractivity contribution in [3.63, 3.8) is 0 Å². The van der Waals surface area contributed by atoms with Gasteiger partial charge >= 0.3 is 0 Å². The zero-order chi connectivity index (χ0) is 5.54. The third-order valence-electron chi connectivity index (χ3n) is 0.667. The average Bonchev–Trinajstić information content (AvgIpc) is 1.69. The van der Waals surface area contributed by atoms with Crippen molar-refractivity contribution in [2.45, 2.75) is 10.6 Å². The second-order valence-electron chi connectivity index (χ2n) is 1.34. The van der Waals surface area contributed by atoms with Crippen LogP contribution in [0.2, 0.25) is 10.6 Å². The Balaban J connectivity index is -0.000000180. The van der Waals surface area contributed by atoms with Gasteiger partial charge < -0.3 is 0 Å². The van der Waals surface area contributed by atoms with Gasteiger partial charge in [0.25, 0.3) is 0 Å². The Hall–Kier alpha value is 0.545. The van der Waals surface area contributed by atoms with E-state index in [-0.39, 0.29) is 18.8 Å². The van der Waals surface area contributed by atoms with E-state index in [0.717, 1.165) is 0 Å². The number of hydrogen-bond donors (Lipinski definition) is 0. The second-order valence-corrected chi connectivity index (χ2v) is 2.86. The predicted octanol–water partition coefficient (Wildman–Crippen LogP) is 0.961. The summed E-state index contributed by atoms with van der Waals surface area (Å²) in [6.45, 7) is 7.24. The van der Waals surface area contributed by atoms with Crippen molar-refractivity contribution in [3.8, 4) is 0 Å². The summed E-state index contributed by atoms with van der Waals surface area (Å²) >= 11 is 0.586. The topological polar surface area (TPSA) is 0 Å². The third kappa shape index (κ3) is 9.74. The van der Waals surface area contributed by atoms with E-state index in [9.17, 15) is 0 Å². The molecule has 0 nitrogen and oxygen atoms in total. The monoisotopic (exact) mass is 141 g/mol. The quantitative estimate of drug-likeness (QED) is 0.311. The van der Waals surface area contributed by atoms with Crippen molar-refractivity contribution in [1.29, 1.82) is 0 Å². The molecule has 0 spiro atoms. The van der Waals surface area contributed by atoms with Gasteiger partial charge in [-0.2, -0.15) is 0 Å². The molecule has 0 bridgehead atoms. The summed E-state index contributed by atoms with van der Waals surface area (Å²) in [7, 11) is 0. The Bertz CT molecular complexity index is 56.1. The van der Waals surface area contributed by atoms with Crippen LogP contribution in [-0.4, -0.2) is 32.6 Å². The molecule has 0 heterocycles. The molecule has 0 aliphatic rings. The lowest BCUT2D eigenvalue weighted by Gasteiger charge is -1.80. The van der Waals surface area contributed by atoms with Gasteiger partial charge in [0.05, 0.1) is 0 Å². The van der Waals surface area contributed by atoms with Crippen molar-refractivity contribution in [3.05, 3.63) is 25.3 Å². The molecule has 0 N–H and O–H groups in total. The molecule has 0 saturated heterocycles. The van der Waals surface area contributed by atoms with Gasteiger partial charge in [0.2, 0.25) is 15.2 Å². The lowest BCUT2D eigenvalue weighted by atomic mass is 10.7. The molecule has 0 atom stereocenters. The molecule has 2 heteroatoms. The molecular formula is C6H15Al2. The first kappa shape index (κ1) is 11.4. The van der Waals surface area contributed by atoms with Gasteiger partial charge in [-0.1, -0.05) is 10.6 Å². The van der Waals surface area contributed by atoms with Gasteiger partial charge in [-0.25, -0.2) is 0 Å². The van der Waals surface area contributed by atoms with Crippen LogP contribution in [0.1, 0.15) is 1.43 Å². The van der Waals surface area contributed by atoms with Gasteiger partial charge in [-0.15, -0.1) is 25.3 Å². The van der Waals surface area contributed by atoms with Crippen LogP contribution in [0.4, 0.5) is 0 Å². The summed E-state index contributed by atoms with van der Waals surface area (Å²) in [6.07, 6.45) is 3.94. The average molecular weight is 141 g/mol. The molecule has 0 aromatic rings. The van der Waals surface area contributed by atoms with Crippen LogP contribution in [0.15, 0.2) is 25.3 Å². The lowest BCUT2D eigenvalue weighted by molar-refractivity contribution is 1.60. The maximum Gasteiger partial charge on any atom is 0.212 e.